The molecule has 1 fully saturated rings. The largest absolute Gasteiger partial charge is 0.459 e. The number of ether oxygens (including phenoxy) is 4. The number of nitrogens with zero attached hydrogens (tertiary/aromatic N) is 2. The second kappa shape index (κ2) is 17.8. The minimum absolute atomic E-state index is 0.0673. The molecule has 2 aliphatic carbocycles. The van der Waals surface area contributed by atoms with Crippen LogP contribution in [-0.4, -0.2) is 85.6 Å². The standard InChI is InChI=1S/C42H56N2O9/c1-7-21-51-42-37(44(5)40(48)50-27-41(2,3)4)25-35(43-49-6)33-23-29(14-8-10-19-45)32(16-9-11-20-46)38(39(33)42)34-24-31(17-18-36(34)53-42)52-30-15-12-13-28(22-30)26-47/h7,12-13,15,17-18,22-24,26,29,32,37-39,45-46H,1,8-11,14,16,19-21,25,27H2,2-6H3/t29-,32+,37-,38+,39+,42+/m0/s1. The number of fused-ring (bicyclic) bond motifs is 2. The van der Waals surface area contributed by atoms with Gasteiger partial charge in [-0.3, -0.25) is 4.79 Å². The third kappa shape index (κ3) is 8.96. The van der Waals surface area contributed by atoms with E-state index in [1.807, 2.05) is 39.0 Å². The number of carbonyl (C=O) groups is 2. The van der Waals surface area contributed by atoms with Crippen LogP contribution in [0.5, 0.6) is 17.2 Å². The lowest BCUT2D eigenvalue weighted by molar-refractivity contribution is -0.253. The highest BCUT2D eigenvalue weighted by atomic mass is 16.7. The van der Waals surface area contributed by atoms with Crippen molar-refractivity contribution in [3.63, 3.8) is 0 Å². The van der Waals surface area contributed by atoms with Gasteiger partial charge in [-0.05, 0) is 78.8 Å². The maximum Gasteiger partial charge on any atom is 0.410 e. The molecule has 2 aromatic carbocycles. The molecular formula is C42H56N2O9. The average molecular weight is 733 g/mol. The van der Waals surface area contributed by atoms with E-state index in [1.165, 1.54) is 7.11 Å². The zero-order valence-corrected chi connectivity index (χ0v) is 31.8. The Morgan fingerprint density at radius 1 is 1.08 bits per heavy atom. The van der Waals surface area contributed by atoms with Crippen LogP contribution in [-0.2, 0) is 14.3 Å². The number of rotatable bonds is 17. The van der Waals surface area contributed by atoms with Gasteiger partial charge in [-0.2, -0.15) is 0 Å². The Labute approximate surface area is 313 Å². The van der Waals surface area contributed by atoms with Crippen LogP contribution in [0.25, 0.3) is 0 Å². The molecule has 1 amide bonds. The van der Waals surface area contributed by atoms with E-state index in [1.54, 1.807) is 42.3 Å². The highest BCUT2D eigenvalue weighted by molar-refractivity contribution is 6.02. The van der Waals surface area contributed by atoms with Gasteiger partial charge in [0.1, 0.15) is 36.7 Å². The Morgan fingerprint density at radius 3 is 2.49 bits per heavy atom. The summed E-state index contributed by atoms with van der Waals surface area (Å²) in [6.07, 6.45) is 9.17. The number of aldehydes is 1. The number of benzene rings is 2. The van der Waals surface area contributed by atoms with Crippen LogP contribution in [0.3, 0.4) is 0 Å². The molecule has 1 saturated carbocycles. The van der Waals surface area contributed by atoms with Crippen molar-refractivity contribution in [1.82, 2.24) is 4.90 Å². The van der Waals surface area contributed by atoms with E-state index in [-0.39, 0.29) is 56.0 Å². The van der Waals surface area contributed by atoms with Gasteiger partial charge < -0.3 is 38.9 Å². The molecule has 11 nitrogen and oxygen atoms in total. The molecule has 0 saturated heterocycles. The Kier molecular flexibility index (Phi) is 13.4. The third-order valence-corrected chi connectivity index (χ3v) is 10.5. The first-order valence-electron chi connectivity index (χ1n) is 18.7. The molecule has 0 unspecified atom stereocenters. The van der Waals surface area contributed by atoms with Crippen LogP contribution in [0.2, 0.25) is 0 Å². The summed E-state index contributed by atoms with van der Waals surface area (Å²) in [6.45, 7) is 10.6. The molecule has 6 atom stereocenters. The fourth-order valence-electron chi connectivity index (χ4n) is 8.20. The number of aliphatic hydroxyl groups is 2. The molecular weight excluding hydrogens is 676 g/mol. The van der Waals surface area contributed by atoms with Crippen molar-refractivity contribution in [3.8, 4) is 17.2 Å². The van der Waals surface area contributed by atoms with E-state index in [4.69, 9.17) is 23.8 Å². The predicted molar refractivity (Wildman–Crippen MR) is 202 cm³/mol. The fourth-order valence-corrected chi connectivity index (χ4v) is 8.20. The van der Waals surface area contributed by atoms with Crippen LogP contribution >= 0.6 is 0 Å². The summed E-state index contributed by atoms with van der Waals surface area (Å²) >= 11 is 0. The fraction of sp³-hybridized carbons (Fsp3) is 0.548. The quantitative estimate of drug-likeness (QED) is 0.0727. The number of hydrogen-bond acceptors (Lipinski definition) is 10. The Balaban J connectivity index is 1.72. The first-order valence-corrected chi connectivity index (χ1v) is 18.7. The van der Waals surface area contributed by atoms with Gasteiger partial charge in [-0.15, -0.1) is 6.58 Å². The molecule has 1 heterocycles. The third-order valence-electron chi connectivity index (χ3n) is 10.5. The van der Waals surface area contributed by atoms with E-state index in [0.29, 0.717) is 41.4 Å². The van der Waals surface area contributed by atoms with Crippen molar-refractivity contribution >= 4 is 18.1 Å². The summed E-state index contributed by atoms with van der Waals surface area (Å²) in [5.74, 6) is -0.121. The van der Waals surface area contributed by atoms with Crippen molar-refractivity contribution in [1.29, 1.82) is 0 Å². The van der Waals surface area contributed by atoms with Crippen molar-refractivity contribution in [3.05, 3.63) is 77.9 Å². The lowest BCUT2D eigenvalue weighted by atomic mass is 9.55. The molecule has 0 spiro atoms. The lowest BCUT2D eigenvalue weighted by Crippen LogP contribution is -2.69. The topological polar surface area (TPSA) is 136 Å². The first kappa shape index (κ1) is 40.0. The van der Waals surface area contributed by atoms with E-state index < -0.39 is 23.8 Å². The molecule has 11 heteroatoms. The summed E-state index contributed by atoms with van der Waals surface area (Å²) in [7, 11) is 3.23. The van der Waals surface area contributed by atoms with Gasteiger partial charge in [0.05, 0.1) is 24.8 Å². The number of hydrogen-bond donors (Lipinski definition) is 2. The van der Waals surface area contributed by atoms with Gasteiger partial charge in [0, 0.05) is 43.7 Å². The van der Waals surface area contributed by atoms with Crippen molar-refractivity contribution < 1.29 is 43.6 Å². The molecule has 1 aliphatic heterocycles. The molecule has 3 aliphatic rings. The molecule has 0 aromatic heterocycles. The second-order valence-corrected chi connectivity index (χ2v) is 15.5. The van der Waals surface area contributed by atoms with Crippen LogP contribution in [0.1, 0.15) is 87.6 Å². The highest BCUT2D eigenvalue weighted by Gasteiger charge is 2.65. The number of unbranched alkanes of at least 4 members (excludes halogenated alkanes) is 2. The minimum atomic E-state index is -1.37. The molecule has 2 N–H and O–H groups in total. The average Bonchev–Trinajstić information content (AvgIpc) is 3.14. The maximum absolute atomic E-state index is 13.8. The molecule has 0 radical (unpaired) electrons. The predicted octanol–water partition coefficient (Wildman–Crippen LogP) is 7.67. The monoisotopic (exact) mass is 732 g/mol. The number of aliphatic hydroxyl groups excluding tert-OH is 2. The number of carbonyl (C=O) groups excluding carboxylic acids is 2. The highest BCUT2D eigenvalue weighted by Crippen LogP contribution is 2.62. The Bertz CT molecular complexity index is 1650. The van der Waals surface area contributed by atoms with Gasteiger partial charge in [-0.1, -0.05) is 63.1 Å². The molecule has 0 bridgehead atoms. The maximum atomic E-state index is 13.8. The minimum Gasteiger partial charge on any atom is -0.459 e. The van der Waals surface area contributed by atoms with E-state index in [2.05, 4.69) is 17.8 Å². The normalized spacial score (nSPS) is 25.3. The first-order chi connectivity index (χ1) is 25.5. The van der Waals surface area contributed by atoms with Gasteiger partial charge in [0.25, 0.3) is 0 Å². The van der Waals surface area contributed by atoms with Gasteiger partial charge in [0.15, 0.2) is 0 Å². The summed E-state index contributed by atoms with van der Waals surface area (Å²) < 4.78 is 26.2. The van der Waals surface area contributed by atoms with Crippen molar-refractivity contribution in [2.45, 2.75) is 83.5 Å². The van der Waals surface area contributed by atoms with Gasteiger partial charge in [-0.25, -0.2) is 4.79 Å². The van der Waals surface area contributed by atoms with Crippen LogP contribution < -0.4 is 9.47 Å². The zero-order valence-electron chi connectivity index (χ0n) is 31.8. The SMILES string of the molecule is C=CCO[C@@]12Oc3ccc(Oc4cccc(C=O)c4)cc3[C@H]3[C@H](CCCCO)[C@@H](CCCCO)C=C(C(=NOC)C[C@@H]1N(C)C(=O)OCC(C)(C)C)[C@H]32. The summed E-state index contributed by atoms with van der Waals surface area (Å²) in [5, 5.41) is 24.1. The Morgan fingerprint density at radius 2 is 1.81 bits per heavy atom. The van der Waals surface area contributed by atoms with Crippen LogP contribution in [0.4, 0.5) is 4.79 Å². The van der Waals surface area contributed by atoms with E-state index in [0.717, 1.165) is 43.1 Å². The lowest BCUT2D eigenvalue weighted by Gasteiger charge is -2.59. The molecule has 288 valence electrons. The Hall–Kier alpha value is -4.19. The van der Waals surface area contributed by atoms with Crippen LogP contribution in [0.15, 0.2) is 71.9 Å². The smallest absolute Gasteiger partial charge is 0.410 e. The van der Waals surface area contributed by atoms with E-state index >= 15 is 0 Å². The number of amides is 1. The number of oxime groups is 1. The molecule has 53 heavy (non-hydrogen) atoms. The summed E-state index contributed by atoms with van der Waals surface area (Å²) in [6, 6.07) is 12.1. The summed E-state index contributed by atoms with van der Waals surface area (Å²) in [4.78, 5) is 32.4. The van der Waals surface area contributed by atoms with Crippen molar-refractivity contribution in [2.24, 2.45) is 28.3 Å². The van der Waals surface area contributed by atoms with Crippen molar-refractivity contribution in [2.75, 3.05) is 40.6 Å². The summed E-state index contributed by atoms with van der Waals surface area (Å²) in [5.41, 5.74) is 2.84. The number of likely N-dealkylation sites (N-methyl/N-ethyl adjacent to an activating group) is 1. The molecule has 2 aromatic rings. The molecule has 5 rings (SSSR count). The van der Waals surface area contributed by atoms with Crippen LogP contribution in [0, 0.1) is 23.2 Å². The van der Waals surface area contributed by atoms with Gasteiger partial charge >= 0.3 is 6.09 Å². The zero-order chi connectivity index (χ0) is 38.2. The van der Waals surface area contributed by atoms with Gasteiger partial charge in [0.2, 0.25) is 5.79 Å². The number of allylic oxidation sites excluding steroid dienone is 1. The van der Waals surface area contributed by atoms with E-state index in [9.17, 15) is 19.8 Å². The second-order valence-electron chi connectivity index (χ2n) is 15.5.